The molecule has 1 unspecified atom stereocenters. The highest BCUT2D eigenvalue weighted by Crippen LogP contribution is 2.39. The van der Waals surface area contributed by atoms with Crippen molar-refractivity contribution in [2.45, 2.75) is 19.2 Å². The van der Waals surface area contributed by atoms with E-state index < -0.39 is 12.3 Å². The number of fused-ring (bicyclic) bond motifs is 1. The third-order valence-corrected chi connectivity index (χ3v) is 3.57. The first-order valence-corrected chi connectivity index (χ1v) is 6.61. The van der Waals surface area contributed by atoms with E-state index in [-0.39, 0.29) is 11.7 Å². The highest BCUT2D eigenvalue weighted by molar-refractivity contribution is 6.05. The molecule has 2 aromatic carbocycles. The molecule has 0 radical (unpaired) electrons. The van der Waals surface area contributed by atoms with E-state index in [0.717, 1.165) is 16.8 Å². The van der Waals surface area contributed by atoms with Crippen LogP contribution in [0.3, 0.4) is 0 Å². The summed E-state index contributed by atoms with van der Waals surface area (Å²) in [5.74, 6) is -1.01. The quantitative estimate of drug-likeness (QED) is 0.911. The average molecular weight is 307 g/mol. The van der Waals surface area contributed by atoms with Crippen LogP contribution in [0, 0.1) is 6.92 Å². The number of nitrogens with one attached hydrogen (secondary N) is 1. The molecule has 0 aliphatic carbocycles. The van der Waals surface area contributed by atoms with Crippen LogP contribution in [0.4, 0.5) is 18.9 Å². The topological polar surface area (TPSA) is 38.3 Å². The Bertz CT molecular complexity index is 723. The van der Waals surface area contributed by atoms with Gasteiger partial charge in [-0.2, -0.15) is 0 Å². The zero-order valence-corrected chi connectivity index (χ0v) is 11.6. The predicted molar refractivity (Wildman–Crippen MR) is 74.8 cm³/mol. The maximum absolute atomic E-state index is 12.2. The molecule has 2 aromatic rings. The van der Waals surface area contributed by atoms with E-state index in [1.165, 1.54) is 24.3 Å². The molecule has 0 bridgehead atoms. The first kappa shape index (κ1) is 14.4. The van der Waals surface area contributed by atoms with Crippen molar-refractivity contribution in [2.24, 2.45) is 0 Å². The van der Waals surface area contributed by atoms with Gasteiger partial charge in [0.2, 0.25) is 5.91 Å². The zero-order chi connectivity index (χ0) is 15.9. The number of benzene rings is 2. The molecule has 0 aromatic heterocycles. The van der Waals surface area contributed by atoms with E-state index in [4.69, 9.17) is 0 Å². The van der Waals surface area contributed by atoms with Gasteiger partial charge in [-0.05, 0) is 35.7 Å². The molecule has 1 heterocycles. The second-order valence-electron chi connectivity index (χ2n) is 5.08. The molecule has 1 aliphatic rings. The molecule has 1 amide bonds. The molecule has 22 heavy (non-hydrogen) atoms. The second kappa shape index (κ2) is 5.05. The van der Waals surface area contributed by atoms with E-state index >= 15 is 0 Å². The summed E-state index contributed by atoms with van der Waals surface area (Å²) in [6, 6.07) is 11.0. The Kier molecular flexibility index (Phi) is 3.31. The van der Waals surface area contributed by atoms with Gasteiger partial charge in [-0.1, -0.05) is 30.3 Å². The lowest BCUT2D eigenvalue weighted by Gasteiger charge is -2.12. The van der Waals surface area contributed by atoms with Crippen LogP contribution in [0.25, 0.3) is 0 Å². The van der Waals surface area contributed by atoms with Crippen molar-refractivity contribution >= 4 is 11.6 Å². The van der Waals surface area contributed by atoms with Crippen molar-refractivity contribution in [3.63, 3.8) is 0 Å². The monoisotopic (exact) mass is 307 g/mol. The minimum atomic E-state index is -4.73. The Labute approximate surface area is 124 Å². The number of anilines is 1. The highest BCUT2D eigenvalue weighted by Gasteiger charge is 2.33. The van der Waals surface area contributed by atoms with Gasteiger partial charge in [-0.25, -0.2) is 0 Å². The number of ether oxygens (including phenoxy) is 1. The average Bonchev–Trinajstić information content (AvgIpc) is 2.76. The lowest BCUT2D eigenvalue weighted by atomic mass is 9.92. The van der Waals surface area contributed by atoms with Crippen molar-refractivity contribution in [2.75, 3.05) is 5.32 Å². The van der Waals surface area contributed by atoms with Crippen LogP contribution >= 0.6 is 0 Å². The van der Waals surface area contributed by atoms with E-state index in [1.807, 2.05) is 25.1 Å². The Morgan fingerprint density at radius 2 is 1.77 bits per heavy atom. The molecule has 6 heteroatoms. The van der Waals surface area contributed by atoms with Crippen molar-refractivity contribution in [1.82, 2.24) is 0 Å². The fourth-order valence-corrected chi connectivity index (χ4v) is 2.63. The van der Waals surface area contributed by atoms with Crippen LogP contribution in [0.2, 0.25) is 0 Å². The maximum Gasteiger partial charge on any atom is 0.573 e. The molecule has 0 spiro atoms. The number of carbonyl (C=O) groups excluding carboxylic acids is 1. The van der Waals surface area contributed by atoms with Gasteiger partial charge in [0.15, 0.2) is 0 Å². The second-order valence-corrected chi connectivity index (χ2v) is 5.08. The number of hydrogen-bond acceptors (Lipinski definition) is 2. The molecule has 114 valence electrons. The number of amides is 1. The van der Waals surface area contributed by atoms with Crippen molar-refractivity contribution in [3.8, 4) is 5.75 Å². The van der Waals surface area contributed by atoms with Crippen LogP contribution < -0.4 is 10.1 Å². The fourth-order valence-electron chi connectivity index (χ4n) is 2.63. The minimum absolute atomic E-state index is 0.186. The van der Waals surface area contributed by atoms with Gasteiger partial charge < -0.3 is 10.1 Å². The summed E-state index contributed by atoms with van der Waals surface area (Å²) in [7, 11) is 0. The van der Waals surface area contributed by atoms with Gasteiger partial charge >= 0.3 is 6.36 Å². The van der Waals surface area contributed by atoms with Crippen LogP contribution in [-0.2, 0) is 4.79 Å². The zero-order valence-electron chi connectivity index (χ0n) is 11.6. The number of alkyl halides is 3. The SMILES string of the molecule is Cc1cccc2c1NC(=O)C2c1ccc(OC(F)(F)F)cc1. The largest absolute Gasteiger partial charge is 0.573 e. The highest BCUT2D eigenvalue weighted by atomic mass is 19.4. The van der Waals surface area contributed by atoms with E-state index in [0.29, 0.717) is 5.56 Å². The normalized spacial score (nSPS) is 17.1. The fraction of sp³-hybridized carbons (Fsp3) is 0.188. The van der Waals surface area contributed by atoms with E-state index in [2.05, 4.69) is 10.1 Å². The van der Waals surface area contributed by atoms with Gasteiger partial charge in [0, 0.05) is 5.69 Å². The van der Waals surface area contributed by atoms with Gasteiger partial charge in [0.1, 0.15) is 5.75 Å². The molecule has 1 N–H and O–H groups in total. The summed E-state index contributed by atoms with van der Waals surface area (Å²) >= 11 is 0. The Morgan fingerprint density at radius 3 is 2.41 bits per heavy atom. The number of aryl methyl sites for hydroxylation is 1. The summed E-state index contributed by atoms with van der Waals surface area (Å²) in [6.45, 7) is 1.89. The number of carbonyl (C=O) groups is 1. The summed E-state index contributed by atoms with van der Waals surface area (Å²) in [5, 5.41) is 2.82. The lowest BCUT2D eigenvalue weighted by molar-refractivity contribution is -0.274. The summed E-state index contributed by atoms with van der Waals surface area (Å²) < 4.78 is 40.3. The summed E-state index contributed by atoms with van der Waals surface area (Å²) in [6.07, 6.45) is -4.73. The molecule has 1 aliphatic heterocycles. The molecule has 3 rings (SSSR count). The van der Waals surface area contributed by atoms with Crippen molar-refractivity contribution in [3.05, 3.63) is 59.2 Å². The molecule has 1 atom stereocenters. The molecule has 0 fully saturated rings. The third-order valence-electron chi connectivity index (χ3n) is 3.57. The van der Waals surface area contributed by atoms with Crippen LogP contribution in [0.5, 0.6) is 5.75 Å². The molecular formula is C16H12F3NO2. The Hall–Kier alpha value is -2.50. The van der Waals surface area contributed by atoms with Crippen LogP contribution in [0.1, 0.15) is 22.6 Å². The van der Waals surface area contributed by atoms with Gasteiger partial charge in [-0.3, -0.25) is 4.79 Å². The van der Waals surface area contributed by atoms with Crippen LogP contribution in [-0.4, -0.2) is 12.3 Å². The van der Waals surface area contributed by atoms with Gasteiger partial charge in [0.05, 0.1) is 5.92 Å². The minimum Gasteiger partial charge on any atom is -0.406 e. The van der Waals surface area contributed by atoms with Crippen molar-refractivity contribution < 1.29 is 22.7 Å². The standard InChI is InChI=1S/C16H12F3NO2/c1-9-3-2-4-12-13(15(21)20-14(9)12)10-5-7-11(8-6-10)22-16(17,18)19/h2-8,13H,1H3,(H,20,21). The maximum atomic E-state index is 12.2. The first-order chi connectivity index (χ1) is 10.3. The summed E-state index contributed by atoms with van der Waals surface area (Å²) in [4.78, 5) is 12.2. The lowest BCUT2D eigenvalue weighted by Crippen LogP contribution is -2.17. The Morgan fingerprint density at radius 1 is 1.09 bits per heavy atom. The smallest absolute Gasteiger partial charge is 0.406 e. The number of halogens is 3. The molecule has 0 saturated heterocycles. The van der Waals surface area contributed by atoms with Crippen molar-refractivity contribution in [1.29, 1.82) is 0 Å². The predicted octanol–water partition coefficient (Wildman–Crippen LogP) is 3.98. The number of hydrogen-bond donors (Lipinski definition) is 1. The molecular weight excluding hydrogens is 295 g/mol. The number of rotatable bonds is 2. The Balaban J connectivity index is 1.93. The first-order valence-electron chi connectivity index (χ1n) is 6.61. The van der Waals surface area contributed by atoms with E-state index in [1.54, 1.807) is 0 Å². The van der Waals surface area contributed by atoms with Crippen LogP contribution in [0.15, 0.2) is 42.5 Å². The van der Waals surface area contributed by atoms with E-state index in [9.17, 15) is 18.0 Å². The number of para-hydroxylation sites is 1. The summed E-state index contributed by atoms with van der Waals surface area (Å²) in [5.41, 5.74) is 3.17. The molecule has 0 saturated carbocycles. The third kappa shape index (κ3) is 2.64. The van der Waals surface area contributed by atoms with Gasteiger partial charge in [-0.15, -0.1) is 13.2 Å². The van der Waals surface area contributed by atoms with Gasteiger partial charge in [0.25, 0.3) is 0 Å². The molecule has 3 nitrogen and oxygen atoms in total.